The summed E-state index contributed by atoms with van der Waals surface area (Å²) in [6.45, 7) is 3.07. The van der Waals surface area contributed by atoms with Crippen molar-refractivity contribution >= 4 is 11.6 Å². The highest BCUT2D eigenvalue weighted by Gasteiger charge is 2.19. The number of fused-ring (bicyclic) bond motifs is 1. The Bertz CT molecular complexity index is 654. The lowest BCUT2D eigenvalue weighted by Gasteiger charge is -2.21. The standard InChI is InChI=1S/C17H17ClO3/c1-11-3-2-4-12(7-11)8-15(19)13-9-16-17(10-14(13)18)21-6-5-20-16/h2-4,7,9-10,15,19H,5-6,8H2,1H3. The van der Waals surface area contributed by atoms with Gasteiger partial charge in [-0.15, -0.1) is 0 Å². The Hall–Kier alpha value is -1.71. The fourth-order valence-electron chi connectivity index (χ4n) is 2.51. The molecule has 2 aromatic carbocycles. The van der Waals surface area contributed by atoms with Crippen LogP contribution in [-0.4, -0.2) is 18.3 Å². The minimum absolute atomic E-state index is 0.499. The second kappa shape index (κ2) is 5.96. The van der Waals surface area contributed by atoms with Gasteiger partial charge in [0.2, 0.25) is 0 Å². The summed E-state index contributed by atoms with van der Waals surface area (Å²) in [4.78, 5) is 0. The number of rotatable bonds is 3. The Kier molecular flexibility index (Phi) is 4.04. The molecule has 21 heavy (non-hydrogen) atoms. The molecule has 0 radical (unpaired) electrons. The molecule has 0 spiro atoms. The van der Waals surface area contributed by atoms with Crippen LogP contribution in [0.2, 0.25) is 5.02 Å². The zero-order chi connectivity index (χ0) is 14.8. The summed E-state index contributed by atoms with van der Waals surface area (Å²) in [5, 5.41) is 11.0. The van der Waals surface area contributed by atoms with Crippen molar-refractivity contribution in [3.05, 3.63) is 58.1 Å². The van der Waals surface area contributed by atoms with Gasteiger partial charge in [0, 0.05) is 18.1 Å². The van der Waals surface area contributed by atoms with Gasteiger partial charge in [0.1, 0.15) is 13.2 Å². The molecule has 0 saturated heterocycles. The van der Waals surface area contributed by atoms with Gasteiger partial charge in [-0.3, -0.25) is 0 Å². The molecule has 1 unspecified atom stereocenters. The van der Waals surface area contributed by atoms with Crippen molar-refractivity contribution in [2.75, 3.05) is 13.2 Å². The van der Waals surface area contributed by atoms with Crippen LogP contribution >= 0.6 is 11.6 Å². The molecule has 1 atom stereocenters. The lowest BCUT2D eigenvalue weighted by molar-refractivity contribution is 0.164. The fourth-order valence-corrected chi connectivity index (χ4v) is 2.79. The highest BCUT2D eigenvalue weighted by molar-refractivity contribution is 6.31. The first kappa shape index (κ1) is 14.2. The van der Waals surface area contributed by atoms with E-state index in [0.29, 0.717) is 41.7 Å². The maximum absolute atomic E-state index is 10.5. The van der Waals surface area contributed by atoms with Crippen LogP contribution in [0.5, 0.6) is 11.5 Å². The normalized spacial score (nSPS) is 14.8. The van der Waals surface area contributed by atoms with E-state index in [4.69, 9.17) is 21.1 Å². The first-order valence-electron chi connectivity index (χ1n) is 6.96. The highest BCUT2D eigenvalue weighted by atomic mass is 35.5. The van der Waals surface area contributed by atoms with Crippen LogP contribution in [0.25, 0.3) is 0 Å². The quantitative estimate of drug-likeness (QED) is 0.940. The highest BCUT2D eigenvalue weighted by Crippen LogP contribution is 2.38. The van der Waals surface area contributed by atoms with Crippen LogP contribution in [0.1, 0.15) is 22.8 Å². The maximum atomic E-state index is 10.5. The maximum Gasteiger partial charge on any atom is 0.162 e. The van der Waals surface area contributed by atoms with Gasteiger partial charge in [0.05, 0.1) is 11.1 Å². The molecule has 1 aliphatic rings. The van der Waals surface area contributed by atoms with Gasteiger partial charge < -0.3 is 14.6 Å². The van der Waals surface area contributed by atoms with Gasteiger partial charge >= 0.3 is 0 Å². The molecule has 0 aromatic heterocycles. The number of ether oxygens (including phenoxy) is 2. The van der Waals surface area contributed by atoms with Crippen LogP contribution in [0, 0.1) is 6.92 Å². The van der Waals surface area contributed by atoms with E-state index in [1.165, 1.54) is 5.56 Å². The minimum atomic E-state index is -0.671. The number of aryl methyl sites for hydroxylation is 1. The third-order valence-electron chi connectivity index (χ3n) is 3.53. The van der Waals surface area contributed by atoms with E-state index < -0.39 is 6.10 Å². The van der Waals surface area contributed by atoms with Gasteiger partial charge in [-0.2, -0.15) is 0 Å². The summed E-state index contributed by atoms with van der Waals surface area (Å²) < 4.78 is 11.0. The fraction of sp³-hybridized carbons (Fsp3) is 0.294. The van der Waals surface area contributed by atoms with Gasteiger partial charge in [-0.05, 0) is 18.6 Å². The topological polar surface area (TPSA) is 38.7 Å². The second-order valence-electron chi connectivity index (χ2n) is 5.23. The van der Waals surface area contributed by atoms with Crippen LogP contribution in [0.15, 0.2) is 36.4 Å². The Labute approximate surface area is 129 Å². The Morgan fingerprint density at radius 1 is 1.14 bits per heavy atom. The van der Waals surface area contributed by atoms with Gasteiger partial charge in [0.15, 0.2) is 11.5 Å². The summed E-state index contributed by atoms with van der Waals surface area (Å²) in [5.74, 6) is 1.28. The van der Waals surface area contributed by atoms with Crippen molar-refractivity contribution in [2.24, 2.45) is 0 Å². The summed E-state index contributed by atoms with van der Waals surface area (Å²) in [6.07, 6.45) is -0.156. The molecule has 110 valence electrons. The third-order valence-corrected chi connectivity index (χ3v) is 3.86. The van der Waals surface area contributed by atoms with Crippen molar-refractivity contribution in [2.45, 2.75) is 19.4 Å². The number of hydrogen-bond acceptors (Lipinski definition) is 3. The van der Waals surface area contributed by atoms with Gasteiger partial charge in [-0.25, -0.2) is 0 Å². The van der Waals surface area contributed by atoms with Crippen LogP contribution in [0.3, 0.4) is 0 Å². The molecule has 2 aromatic rings. The largest absolute Gasteiger partial charge is 0.486 e. The average Bonchev–Trinajstić information content (AvgIpc) is 2.46. The average molecular weight is 305 g/mol. The van der Waals surface area contributed by atoms with E-state index in [-0.39, 0.29) is 0 Å². The van der Waals surface area contributed by atoms with Crippen LogP contribution in [0.4, 0.5) is 0 Å². The zero-order valence-corrected chi connectivity index (χ0v) is 12.6. The number of aliphatic hydroxyl groups is 1. The first-order chi connectivity index (χ1) is 10.1. The molecule has 1 heterocycles. The monoisotopic (exact) mass is 304 g/mol. The molecular formula is C17H17ClO3. The van der Waals surface area contributed by atoms with Crippen molar-refractivity contribution < 1.29 is 14.6 Å². The summed E-state index contributed by atoms with van der Waals surface area (Å²) in [7, 11) is 0. The predicted molar refractivity (Wildman–Crippen MR) is 82.3 cm³/mol. The van der Waals surface area contributed by atoms with E-state index in [0.717, 1.165) is 5.56 Å². The SMILES string of the molecule is Cc1cccc(CC(O)c2cc3c(cc2Cl)OCCO3)c1. The molecule has 3 nitrogen and oxygen atoms in total. The molecule has 3 rings (SSSR count). The van der Waals surface area contributed by atoms with Crippen molar-refractivity contribution in [3.8, 4) is 11.5 Å². The molecular weight excluding hydrogens is 288 g/mol. The Morgan fingerprint density at radius 2 is 1.86 bits per heavy atom. The zero-order valence-electron chi connectivity index (χ0n) is 11.8. The van der Waals surface area contributed by atoms with Crippen molar-refractivity contribution in [1.82, 2.24) is 0 Å². The number of benzene rings is 2. The third kappa shape index (κ3) is 3.14. The van der Waals surface area contributed by atoms with Crippen LogP contribution < -0.4 is 9.47 Å². The molecule has 0 amide bonds. The van der Waals surface area contributed by atoms with E-state index in [1.807, 2.05) is 25.1 Å². The summed E-state index contributed by atoms with van der Waals surface area (Å²) >= 11 is 6.26. The number of aliphatic hydroxyl groups excluding tert-OH is 1. The van der Waals surface area contributed by atoms with E-state index in [1.54, 1.807) is 12.1 Å². The summed E-state index contributed by atoms with van der Waals surface area (Å²) in [6, 6.07) is 11.6. The first-order valence-corrected chi connectivity index (χ1v) is 7.34. The van der Waals surface area contributed by atoms with Crippen molar-refractivity contribution in [3.63, 3.8) is 0 Å². The molecule has 0 saturated carbocycles. The summed E-state index contributed by atoms with van der Waals surface area (Å²) in [5.41, 5.74) is 2.92. The number of halogens is 1. The molecule has 0 bridgehead atoms. The Morgan fingerprint density at radius 3 is 2.57 bits per heavy atom. The van der Waals surface area contributed by atoms with E-state index >= 15 is 0 Å². The second-order valence-corrected chi connectivity index (χ2v) is 5.63. The molecule has 0 aliphatic carbocycles. The van der Waals surface area contributed by atoms with Crippen molar-refractivity contribution in [1.29, 1.82) is 0 Å². The molecule has 1 aliphatic heterocycles. The molecule has 4 heteroatoms. The van der Waals surface area contributed by atoms with Crippen LogP contribution in [-0.2, 0) is 6.42 Å². The Balaban J connectivity index is 1.85. The van der Waals surface area contributed by atoms with E-state index in [2.05, 4.69) is 6.07 Å². The van der Waals surface area contributed by atoms with Gasteiger partial charge in [-0.1, -0.05) is 41.4 Å². The smallest absolute Gasteiger partial charge is 0.162 e. The molecule has 1 N–H and O–H groups in total. The van der Waals surface area contributed by atoms with Gasteiger partial charge in [0.25, 0.3) is 0 Å². The van der Waals surface area contributed by atoms with E-state index in [9.17, 15) is 5.11 Å². The lowest BCUT2D eigenvalue weighted by atomic mass is 9.99. The number of hydrogen-bond donors (Lipinski definition) is 1. The predicted octanol–water partition coefficient (Wildman–Crippen LogP) is 3.70. The molecule has 0 fully saturated rings. The minimum Gasteiger partial charge on any atom is -0.486 e. The lowest BCUT2D eigenvalue weighted by Crippen LogP contribution is -2.16.